The van der Waals surface area contributed by atoms with Gasteiger partial charge in [0.1, 0.15) is 23.5 Å². The number of rotatable bonds is 16. The molecule has 59 heavy (non-hydrogen) atoms. The number of para-hydroxylation sites is 1. The predicted octanol–water partition coefficient (Wildman–Crippen LogP) is 6.08. The Morgan fingerprint density at radius 1 is 1.05 bits per heavy atom. The fraction of sp³-hybridized carbons (Fsp3) is 0.372. The zero-order valence-electron chi connectivity index (χ0n) is 33.5. The van der Waals surface area contributed by atoms with Crippen molar-refractivity contribution in [1.82, 2.24) is 40.3 Å². The number of aromatic hydroxyl groups is 1. The molecule has 2 amide bonds. The second-order valence-electron chi connectivity index (χ2n) is 15.2. The number of phenolic OH excluding ortho intramolecular Hbond substituents is 1. The molecule has 1 saturated heterocycles. The molecule has 0 saturated carbocycles. The summed E-state index contributed by atoms with van der Waals surface area (Å²) in [5, 5.41) is 40.9. The van der Waals surface area contributed by atoms with Crippen molar-refractivity contribution in [2.75, 3.05) is 25.5 Å². The Labute approximate surface area is 346 Å². The number of nitrogens with two attached hydrogens (primary N) is 1. The van der Waals surface area contributed by atoms with Crippen LogP contribution in [-0.2, 0) is 20.9 Å². The fourth-order valence-electron chi connectivity index (χ4n) is 7.48. The molecule has 0 radical (unpaired) electrons. The largest absolute Gasteiger partial charge is 0.507 e. The Bertz CT molecular complexity index is 2380. The SMILES string of the molecule is Cc1cc([C@H](C(=O)N2C[C@H](O)C[C@H]2C(=O)N[C@@H](C)c2ccc(-c3scnc3C)cc2)[C@H](C)COCCCCn2cc(-c3cc(-c4ccccc4O)nnc3N)cn2)on1. The van der Waals surface area contributed by atoms with Crippen LogP contribution in [0, 0.1) is 19.8 Å². The number of aryl methyl sites for hydroxylation is 3. The Kier molecular flexibility index (Phi) is 12.8. The summed E-state index contributed by atoms with van der Waals surface area (Å²) in [6.45, 7) is 8.97. The minimum atomic E-state index is -0.855. The average Bonchev–Trinajstić information content (AvgIpc) is 4.05. The lowest BCUT2D eigenvalue weighted by Crippen LogP contribution is -2.48. The van der Waals surface area contributed by atoms with E-state index in [4.69, 9.17) is 15.0 Å². The second kappa shape index (κ2) is 18.3. The number of ether oxygens (including phenoxy) is 1. The van der Waals surface area contributed by atoms with Gasteiger partial charge in [0, 0.05) is 55.1 Å². The van der Waals surface area contributed by atoms with Gasteiger partial charge in [0.25, 0.3) is 0 Å². The number of likely N-dealkylation sites (tertiary alicyclic amines) is 1. The first kappa shape index (κ1) is 41.2. The number of nitrogens with zero attached hydrogens (tertiary/aromatic N) is 7. The smallest absolute Gasteiger partial charge is 0.243 e. The highest BCUT2D eigenvalue weighted by atomic mass is 32.1. The van der Waals surface area contributed by atoms with E-state index in [0.29, 0.717) is 41.4 Å². The first-order valence-corrected chi connectivity index (χ1v) is 20.6. The number of anilines is 1. The van der Waals surface area contributed by atoms with Gasteiger partial charge in [-0.3, -0.25) is 14.3 Å². The van der Waals surface area contributed by atoms with Gasteiger partial charge in [-0.1, -0.05) is 48.5 Å². The summed E-state index contributed by atoms with van der Waals surface area (Å²) in [7, 11) is 0. The molecule has 1 aliphatic rings. The van der Waals surface area contributed by atoms with Gasteiger partial charge in [-0.05, 0) is 68.9 Å². The zero-order valence-corrected chi connectivity index (χ0v) is 34.3. The molecule has 4 aromatic heterocycles. The van der Waals surface area contributed by atoms with E-state index in [1.54, 1.807) is 54.8 Å². The van der Waals surface area contributed by atoms with Crippen LogP contribution >= 0.6 is 11.3 Å². The number of benzene rings is 2. The maximum atomic E-state index is 14.4. The van der Waals surface area contributed by atoms with E-state index in [0.717, 1.165) is 40.1 Å². The Balaban J connectivity index is 0.928. The van der Waals surface area contributed by atoms with E-state index in [1.165, 1.54) is 4.90 Å². The summed E-state index contributed by atoms with van der Waals surface area (Å²) in [5.41, 5.74) is 14.1. The van der Waals surface area contributed by atoms with E-state index >= 15 is 0 Å². The Hall–Kier alpha value is -5.97. The molecule has 16 heteroatoms. The number of unbranched alkanes of at least 4 members (excludes halogenated alkanes) is 1. The third-order valence-corrected chi connectivity index (χ3v) is 11.7. The third-order valence-electron chi connectivity index (χ3n) is 10.7. The molecule has 6 aromatic rings. The number of nitrogens with one attached hydrogen (secondary N) is 1. The van der Waals surface area contributed by atoms with Crippen LogP contribution in [0.2, 0.25) is 0 Å². The summed E-state index contributed by atoms with van der Waals surface area (Å²) < 4.78 is 13.6. The molecule has 5 atom stereocenters. The van der Waals surface area contributed by atoms with E-state index in [2.05, 4.69) is 30.8 Å². The van der Waals surface area contributed by atoms with Gasteiger partial charge in [-0.2, -0.15) is 5.10 Å². The number of amides is 2. The number of nitrogen functional groups attached to an aromatic ring is 1. The highest BCUT2D eigenvalue weighted by Crippen LogP contribution is 2.34. The lowest BCUT2D eigenvalue weighted by Gasteiger charge is -2.30. The molecule has 0 bridgehead atoms. The van der Waals surface area contributed by atoms with Crippen molar-refractivity contribution in [3.05, 3.63) is 101 Å². The summed E-state index contributed by atoms with van der Waals surface area (Å²) in [4.78, 5) is 35.0. The highest BCUT2D eigenvalue weighted by molar-refractivity contribution is 7.13. The number of hydrogen-bond donors (Lipinski definition) is 4. The van der Waals surface area contributed by atoms with Gasteiger partial charge in [0.15, 0.2) is 5.82 Å². The van der Waals surface area contributed by atoms with Crippen molar-refractivity contribution in [1.29, 1.82) is 0 Å². The van der Waals surface area contributed by atoms with Gasteiger partial charge in [-0.25, -0.2) is 4.98 Å². The van der Waals surface area contributed by atoms with Crippen molar-refractivity contribution in [2.24, 2.45) is 5.92 Å². The molecular weight excluding hydrogens is 771 g/mol. The number of β-amino-alcohol motifs (C(OH)–C–C–N with tert-alkyl or cyclic N) is 1. The molecule has 308 valence electrons. The number of aliphatic hydroxyl groups is 1. The lowest BCUT2D eigenvalue weighted by molar-refractivity contribution is -0.141. The normalized spacial score (nSPS) is 16.9. The van der Waals surface area contributed by atoms with Crippen molar-refractivity contribution < 1.29 is 29.1 Å². The second-order valence-corrected chi connectivity index (χ2v) is 16.0. The Morgan fingerprint density at radius 3 is 2.58 bits per heavy atom. The van der Waals surface area contributed by atoms with Gasteiger partial charge in [0.2, 0.25) is 11.8 Å². The average molecular weight is 820 g/mol. The number of carbonyl (C=O) groups excluding carboxylic acids is 2. The number of carbonyl (C=O) groups is 2. The first-order chi connectivity index (χ1) is 28.5. The standard InChI is InChI=1S/C43H49N9O6S/c1-25(23-57-16-8-7-15-51-21-31(20-46-51)34-19-35(48-49-41(34)44)33-9-5-6-10-37(33)54)39(38-17-26(2)50-58-38)43(56)52-22-32(53)18-36(52)42(55)47-27(3)29-11-13-30(14-12-29)40-28(4)45-24-59-40/h5-6,9-14,17,19-21,24-25,27,32,36,39,53-54H,7-8,15-16,18,22-23H2,1-4H3,(H2,44,49)(H,47,55)/t25-,27+,32-,36+,39-/m1/s1. The number of hydrogen-bond acceptors (Lipinski definition) is 13. The number of aromatic nitrogens is 6. The van der Waals surface area contributed by atoms with Crippen molar-refractivity contribution in [3.8, 4) is 38.6 Å². The number of thiazole rings is 1. The summed E-state index contributed by atoms with van der Waals surface area (Å²) in [5.74, 6) is -1.000. The van der Waals surface area contributed by atoms with Crippen LogP contribution in [-0.4, -0.2) is 89.0 Å². The van der Waals surface area contributed by atoms with E-state index < -0.39 is 18.1 Å². The fourth-order valence-corrected chi connectivity index (χ4v) is 8.29. The van der Waals surface area contributed by atoms with E-state index in [-0.39, 0.29) is 54.9 Å². The quantitative estimate of drug-likeness (QED) is 0.0820. The molecule has 1 fully saturated rings. The van der Waals surface area contributed by atoms with Crippen molar-refractivity contribution in [3.63, 3.8) is 0 Å². The maximum absolute atomic E-state index is 14.4. The summed E-state index contributed by atoms with van der Waals surface area (Å²) in [6.07, 6.45) is 4.42. The number of aliphatic hydroxyl groups excluding tert-OH is 1. The molecule has 0 unspecified atom stereocenters. The van der Waals surface area contributed by atoms with Gasteiger partial charge in [-0.15, -0.1) is 21.5 Å². The van der Waals surface area contributed by atoms with Crippen LogP contribution in [0.25, 0.3) is 32.8 Å². The first-order valence-electron chi connectivity index (χ1n) is 19.7. The number of phenols is 1. The lowest BCUT2D eigenvalue weighted by atomic mass is 9.90. The van der Waals surface area contributed by atoms with Crippen LogP contribution in [0.1, 0.15) is 67.8 Å². The molecule has 0 spiro atoms. The Morgan fingerprint density at radius 2 is 1.85 bits per heavy atom. The predicted molar refractivity (Wildman–Crippen MR) is 223 cm³/mol. The topological polar surface area (TPSA) is 208 Å². The monoisotopic (exact) mass is 819 g/mol. The molecule has 2 aromatic carbocycles. The van der Waals surface area contributed by atoms with Gasteiger partial charge in [0.05, 0.1) is 52.4 Å². The highest BCUT2D eigenvalue weighted by Gasteiger charge is 2.44. The van der Waals surface area contributed by atoms with Crippen molar-refractivity contribution >= 4 is 29.0 Å². The van der Waals surface area contributed by atoms with E-state index in [9.17, 15) is 19.8 Å². The molecule has 1 aliphatic heterocycles. The molecular formula is C43H49N9O6S. The van der Waals surface area contributed by atoms with Gasteiger partial charge >= 0.3 is 0 Å². The maximum Gasteiger partial charge on any atom is 0.243 e. The molecule has 0 aliphatic carbocycles. The summed E-state index contributed by atoms with van der Waals surface area (Å²) in [6, 6.07) is 17.3. The minimum Gasteiger partial charge on any atom is -0.507 e. The zero-order chi connectivity index (χ0) is 41.6. The molecule has 15 nitrogen and oxygen atoms in total. The third kappa shape index (κ3) is 9.51. The van der Waals surface area contributed by atoms with Gasteiger partial charge < -0.3 is 35.4 Å². The van der Waals surface area contributed by atoms with Crippen LogP contribution in [0.4, 0.5) is 5.82 Å². The van der Waals surface area contributed by atoms with Crippen LogP contribution in [0.15, 0.2) is 83.1 Å². The van der Waals surface area contributed by atoms with Crippen LogP contribution in [0.5, 0.6) is 5.75 Å². The minimum absolute atomic E-state index is 0.0303. The van der Waals surface area contributed by atoms with E-state index in [1.807, 2.05) is 67.5 Å². The molecule has 5 heterocycles. The van der Waals surface area contributed by atoms with Crippen molar-refractivity contribution in [2.45, 2.75) is 77.6 Å². The molecule has 7 rings (SSSR count). The van der Waals surface area contributed by atoms with Crippen LogP contribution < -0.4 is 11.1 Å². The summed E-state index contributed by atoms with van der Waals surface area (Å²) >= 11 is 1.58. The molecule has 5 N–H and O–H groups in total. The van der Waals surface area contributed by atoms with Crippen LogP contribution in [0.3, 0.4) is 0 Å².